The second kappa shape index (κ2) is 6.07. The van der Waals surface area contributed by atoms with Gasteiger partial charge in [-0.2, -0.15) is 0 Å². The Labute approximate surface area is 129 Å². The number of aromatic amines is 1. The van der Waals surface area contributed by atoms with Crippen LogP contribution in [-0.4, -0.2) is 9.97 Å². The Balaban J connectivity index is 2.67. The van der Waals surface area contributed by atoms with Crippen LogP contribution in [0.4, 0.5) is 0 Å². The largest absolute Gasteiger partial charge is 0.305 e. The minimum Gasteiger partial charge on any atom is -0.305 e. The molecule has 0 atom stereocenters. The van der Waals surface area contributed by atoms with E-state index in [1.807, 2.05) is 6.92 Å². The summed E-state index contributed by atoms with van der Waals surface area (Å²) in [6.07, 6.45) is 1.60. The summed E-state index contributed by atoms with van der Waals surface area (Å²) in [6.45, 7) is 2.03. The average Bonchev–Trinajstić information content (AvgIpc) is 2.35. The molecule has 1 heterocycles. The Bertz CT molecular complexity index is 650. The zero-order valence-corrected chi connectivity index (χ0v) is 13.2. The minimum absolute atomic E-state index is 0.232. The van der Waals surface area contributed by atoms with E-state index in [2.05, 4.69) is 25.9 Å². The summed E-state index contributed by atoms with van der Waals surface area (Å²) < 4.78 is 0.460. The quantitative estimate of drug-likeness (QED) is 0.877. The molecule has 0 saturated carbocycles. The number of rotatable bonds is 3. The third kappa shape index (κ3) is 3.02. The lowest BCUT2D eigenvalue weighted by Crippen LogP contribution is -2.13. The third-order valence-corrected chi connectivity index (χ3v) is 4.07. The lowest BCUT2D eigenvalue weighted by molar-refractivity contribution is 0.861. The van der Waals surface area contributed by atoms with E-state index in [1.54, 1.807) is 18.2 Å². The molecule has 2 rings (SSSR count). The van der Waals surface area contributed by atoms with Gasteiger partial charge in [-0.1, -0.05) is 42.6 Å². The molecule has 1 N–H and O–H groups in total. The van der Waals surface area contributed by atoms with E-state index in [0.29, 0.717) is 38.0 Å². The van der Waals surface area contributed by atoms with Gasteiger partial charge in [-0.25, -0.2) is 4.98 Å². The molecule has 0 bridgehead atoms. The molecule has 0 fully saturated rings. The van der Waals surface area contributed by atoms with E-state index in [0.717, 1.165) is 6.42 Å². The van der Waals surface area contributed by atoms with Crippen LogP contribution in [0.3, 0.4) is 0 Å². The first kappa shape index (κ1) is 14.6. The molecule has 2 aromatic rings. The Kier molecular flexibility index (Phi) is 4.66. The normalized spacial score (nSPS) is 10.7. The Morgan fingerprint density at radius 1 is 1.32 bits per heavy atom. The van der Waals surface area contributed by atoms with Crippen LogP contribution in [0.5, 0.6) is 0 Å². The van der Waals surface area contributed by atoms with Crippen molar-refractivity contribution in [1.82, 2.24) is 9.97 Å². The zero-order chi connectivity index (χ0) is 14.0. The highest BCUT2D eigenvalue weighted by atomic mass is 79.9. The highest BCUT2D eigenvalue weighted by molar-refractivity contribution is 9.10. The topological polar surface area (TPSA) is 45.8 Å². The van der Waals surface area contributed by atoms with E-state index < -0.39 is 0 Å². The molecule has 0 aliphatic heterocycles. The minimum atomic E-state index is -0.232. The maximum Gasteiger partial charge on any atom is 0.265 e. The number of halogens is 3. The molecule has 19 heavy (non-hydrogen) atoms. The van der Waals surface area contributed by atoms with Gasteiger partial charge in [-0.05, 0) is 34.5 Å². The lowest BCUT2D eigenvalue weighted by atomic mass is 10.2. The summed E-state index contributed by atoms with van der Waals surface area (Å²) in [4.78, 5) is 19.0. The maximum atomic E-state index is 11.9. The van der Waals surface area contributed by atoms with Crippen molar-refractivity contribution in [1.29, 1.82) is 0 Å². The lowest BCUT2D eigenvalue weighted by Gasteiger charge is -2.09. The van der Waals surface area contributed by atoms with Crippen LogP contribution in [0.15, 0.2) is 27.5 Å². The Hall–Kier alpha value is -0.840. The van der Waals surface area contributed by atoms with Gasteiger partial charge in [-0.3, -0.25) is 4.79 Å². The van der Waals surface area contributed by atoms with Crippen molar-refractivity contribution in [3.8, 4) is 11.4 Å². The van der Waals surface area contributed by atoms with Gasteiger partial charge in [0.2, 0.25) is 0 Å². The molecular formula is C13H11BrCl2N2O. The highest BCUT2D eigenvalue weighted by Crippen LogP contribution is 2.32. The summed E-state index contributed by atoms with van der Waals surface area (Å²) in [7, 11) is 0. The number of benzene rings is 1. The molecule has 1 aromatic heterocycles. The molecule has 0 saturated heterocycles. The van der Waals surface area contributed by atoms with E-state index in [4.69, 9.17) is 23.2 Å². The van der Waals surface area contributed by atoms with Crippen molar-refractivity contribution in [2.75, 3.05) is 0 Å². The van der Waals surface area contributed by atoms with Gasteiger partial charge in [0, 0.05) is 0 Å². The van der Waals surface area contributed by atoms with Crippen LogP contribution >= 0.6 is 39.1 Å². The van der Waals surface area contributed by atoms with Crippen LogP contribution in [-0.2, 0) is 6.42 Å². The SMILES string of the molecule is CCCc1nc(-c2c(Cl)cccc2Cl)[nH]c(=O)c1Br. The van der Waals surface area contributed by atoms with Crippen LogP contribution in [0.25, 0.3) is 11.4 Å². The molecule has 1 aromatic carbocycles. The fourth-order valence-electron chi connectivity index (χ4n) is 1.75. The smallest absolute Gasteiger partial charge is 0.265 e. The van der Waals surface area contributed by atoms with Crippen molar-refractivity contribution in [2.24, 2.45) is 0 Å². The molecule has 0 aliphatic carbocycles. The molecule has 3 nitrogen and oxygen atoms in total. The van der Waals surface area contributed by atoms with Gasteiger partial charge in [0.1, 0.15) is 10.3 Å². The predicted molar refractivity (Wildman–Crippen MR) is 82.0 cm³/mol. The van der Waals surface area contributed by atoms with Crippen LogP contribution in [0.2, 0.25) is 10.0 Å². The van der Waals surface area contributed by atoms with Crippen molar-refractivity contribution < 1.29 is 0 Å². The monoisotopic (exact) mass is 360 g/mol. The first-order chi connectivity index (χ1) is 9.04. The molecule has 0 radical (unpaired) electrons. The van der Waals surface area contributed by atoms with Crippen molar-refractivity contribution >= 4 is 39.1 Å². The highest BCUT2D eigenvalue weighted by Gasteiger charge is 2.14. The van der Waals surface area contributed by atoms with Crippen LogP contribution < -0.4 is 5.56 Å². The van der Waals surface area contributed by atoms with E-state index >= 15 is 0 Å². The van der Waals surface area contributed by atoms with Gasteiger partial charge in [0.25, 0.3) is 5.56 Å². The molecule has 0 spiro atoms. The summed E-state index contributed by atoms with van der Waals surface area (Å²) in [5.74, 6) is 0.396. The van der Waals surface area contributed by atoms with Crippen LogP contribution in [0.1, 0.15) is 19.0 Å². The summed E-state index contributed by atoms with van der Waals surface area (Å²) in [5, 5.41) is 0.917. The first-order valence-electron chi connectivity index (χ1n) is 5.77. The van der Waals surface area contributed by atoms with E-state index in [1.165, 1.54) is 0 Å². The molecule has 100 valence electrons. The molecule has 0 aliphatic rings. The fourth-order valence-corrected chi connectivity index (χ4v) is 2.71. The molecule has 0 amide bonds. The Morgan fingerprint density at radius 2 is 1.95 bits per heavy atom. The summed E-state index contributed by atoms with van der Waals surface area (Å²) >= 11 is 15.5. The van der Waals surface area contributed by atoms with Gasteiger partial charge in [0.15, 0.2) is 0 Å². The van der Waals surface area contributed by atoms with Gasteiger partial charge < -0.3 is 4.98 Å². The number of hydrogen-bond donors (Lipinski definition) is 1. The molecule has 0 unspecified atom stereocenters. The fraction of sp³-hybridized carbons (Fsp3) is 0.231. The standard InChI is InChI=1S/C13H11BrCl2N2O/c1-2-4-9-11(14)13(19)18-12(17-9)10-7(15)5-3-6-8(10)16/h3,5-6H,2,4H2,1H3,(H,17,18,19). The second-order valence-corrected chi connectivity index (χ2v) is 5.63. The average molecular weight is 362 g/mol. The summed E-state index contributed by atoms with van der Waals surface area (Å²) in [6, 6.07) is 5.17. The molecule has 6 heteroatoms. The third-order valence-electron chi connectivity index (χ3n) is 2.62. The van der Waals surface area contributed by atoms with Crippen molar-refractivity contribution in [3.05, 3.63) is 48.8 Å². The number of aryl methyl sites for hydroxylation is 1. The van der Waals surface area contributed by atoms with Crippen molar-refractivity contribution in [2.45, 2.75) is 19.8 Å². The predicted octanol–water partition coefficient (Wildman–Crippen LogP) is 4.46. The van der Waals surface area contributed by atoms with Gasteiger partial charge in [0.05, 0.1) is 21.3 Å². The van der Waals surface area contributed by atoms with Crippen molar-refractivity contribution in [3.63, 3.8) is 0 Å². The van der Waals surface area contributed by atoms with Gasteiger partial charge in [-0.15, -0.1) is 0 Å². The number of nitrogens with one attached hydrogen (secondary N) is 1. The number of hydrogen-bond acceptors (Lipinski definition) is 2. The van der Waals surface area contributed by atoms with Gasteiger partial charge >= 0.3 is 0 Å². The first-order valence-corrected chi connectivity index (χ1v) is 7.32. The second-order valence-electron chi connectivity index (χ2n) is 4.02. The zero-order valence-electron chi connectivity index (χ0n) is 10.1. The number of nitrogens with zero attached hydrogens (tertiary/aromatic N) is 1. The number of H-pyrrole nitrogens is 1. The van der Waals surface area contributed by atoms with Crippen LogP contribution in [0, 0.1) is 0 Å². The summed E-state index contributed by atoms with van der Waals surface area (Å²) in [5.41, 5.74) is 1.02. The number of aromatic nitrogens is 2. The van der Waals surface area contributed by atoms with E-state index in [9.17, 15) is 4.79 Å². The molecular weight excluding hydrogens is 351 g/mol. The Morgan fingerprint density at radius 3 is 2.53 bits per heavy atom. The van der Waals surface area contributed by atoms with E-state index in [-0.39, 0.29) is 5.56 Å². The maximum absolute atomic E-state index is 11.9.